The second-order valence-corrected chi connectivity index (χ2v) is 11.9. The number of pyridine rings is 1. The van der Waals surface area contributed by atoms with Gasteiger partial charge in [-0.05, 0) is 82.6 Å². The predicted molar refractivity (Wildman–Crippen MR) is 176 cm³/mol. The number of carbonyl (C=O) groups excluding carboxylic acids is 1. The van der Waals surface area contributed by atoms with E-state index in [0.717, 1.165) is 64.2 Å². The second-order valence-electron chi connectivity index (χ2n) is 11.9. The van der Waals surface area contributed by atoms with Crippen molar-refractivity contribution in [2.75, 3.05) is 0 Å². The van der Waals surface area contributed by atoms with Gasteiger partial charge in [0.2, 0.25) is 0 Å². The average Bonchev–Trinajstić information content (AvgIpc) is 2.96. The summed E-state index contributed by atoms with van der Waals surface area (Å²) >= 11 is 0. The molecule has 1 aromatic heterocycles. The van der Waals surface area contributed by atoms with Gasteiger partial charge in [-0.25, -0.2) is 0 Å². The second kappa shape index (κ2) is 16.5. The molecule has 1 heterocycles. The molecule has 3 nitrogen and oxygen atoms in total. The third-order valence-electron chi connectivity index (χ3n) is 8.34. The SMILES string of the molecule is CCC(CC)C(=O)/C=C(\O)C(CC)CC.Cc1[c-]c(-c2nccc3c2ccc2c(C(C)C)cc(C(F)(F)F)cc23)cc(C)c1.[Ir]. The maximum Gasteiger partial charge on any atom is 0.416 e. The first kappa shape index (κ1) is 38.2. The molecule has 4 aromatic rings. The number of hydrogen-bond donors (Lipinski definition) is 1. The summed E-state index contributed by atoms with van der Waals surface area (Å²) in [6.45, 7) is 15.9. The summed E-state index contributed by atoms with van der Waals surface area (Å²) in [5.41, 5.74) is 3.77. The number of hydrogen-bond acceptors (Lipinski definition) is 3. The number of alkyl halides is 3. The molecule has 0 aliphatic heterocycles. The molecular formula is C38H45F3IrNO2-. The van der Waals surface area contributed by atoms with Crippen molar-refractivity contribution in [3.05, 3.63) is 88.8 Å². The molecule has 1 radical (unpaired) electrons. The molecule has 0 amide bonds. The number of carbonyl (C=O) groups is 1. The standard InChI is InChI=1S/C25H21F3N.C13H24O2.Ir/c1-14(2)22-12-18(25(26,27)28)13-23-19(22)5-6-21-20(23)7-8-29-24(21)17-10-15(3)9-16(4)11-17;1-5-10(6-2)12(14)9-13(15)11(7-3)8-4;/h5-10,12-14H,1-4H3;9-11,14H,5-8H2,1-4H3;/q-1;;/b;12-9-;. The number of aryl methyl sites for hydroxylation is 2. The van der Waals surface area contributed by atoms with Crippen LogP contribution in [0.15, 0.2) is 60.5 Å². The van der Waals surface area contributed by atoms with E-state index >= 15 is 0 Å². The summed E-state index contributed by atoms with van der Waals surface area (Å²) in [5, 5.41) is 12.8. The number of aliphatic hydroxyl groups is 1. The van der Waals surface area contributed by atoms with Crippen molar-refractivity contribution in [3.8, 4) is 11.3 Å². The average molecular weight is 797 g/mol. The van der Waals surface area contributed by atoms with Gasteiger partial charge < -0.3 is 10.1 Å². The van der Waals surface area contributed by atoms with Crippen LogP contribution < -0.4 is 0 Å². The largest absolute Gasteiger partial charge is 0.512 e. The van der Waals surface area contributed by atoms with Gasteiger partial charge in [0.25, 0.3) is 0 Å². The Balaban J connectivity index is 0.000000378. The first-order valence-electron chi connectivity index (χ1n) is 15.6. The summed E-state index contributed by atoms with van der Waals surface area (Å²) in [6, 6.07) is 15.6. The van der Waals surface area contributed by atoms with Gasteiger partial charge in [-0.3, -0.25) is 4.79 Å². The van der Waals surface area contributed by atoms with Gasteiger partial charge in [0.05, 0.1) is 11.3 Å². The monoisotopic (exact) mass is 797 g/mol. The molecule has 0 fully saturated rings. The number of halogens is 3. The van der Waals surface area contributed by atoms with Crippen molar-refractivity contribution in [1.82, 2.24) is 4.98 Å². The molecule has 0 unspecified atom stereocenters. The molecular weight excluding hydrogens is 752 g/mol. The number of fused-ring (bicyclic) bond motifs is 3. The topological polar surface area (TPSA) is 50.2 Å². The molecule has 3 aromatic carbocycles. The summed E-state index contributed by atoms with van der Waals surface area (Å²) in [7, 11) is 0. The maximum absolute atomic E-state index is 13.6. The van der Waals surface area contributed by atoms with Crippen LogP contribution in [-0.2, 0) is 31.1 Å². The van der Waals surface area contributed by atoms with Gasteiger partial charge in [-0.2, -0.15) is 13.2 Å². The molecule has 0 atom stereocenters. The van der Waals surface area contributed by atoms with Crippen molar-refractivity contribution >= 4 is 27.3 Å². The Kier molecular flexibility index (Phi) is 14.0. The predicted octanol–water partition coefficient (Wildman–Crippen LogP) is 11.5. The van der Waals surface area contributed by atoms with E-state index in [-0.39, 0.29) is 49.4 Å². The van der Waals surface area contributed by atoms with E-state index in [0.29, 0.717) is 10.9 Å². The Morgan fingerprint density at radius 1 is 0.867 bits per heavy atom. The molecule has 0 spiro atoms. The van der Waals surface area contributed by atoms with Crippen molar-refractivity contribution < 1.29 is 43.2 Å². The number of nitrogens with zero attached hydrogens (tertiary/aromatic N) is 1. The number of allylic oxidation sites excluding steroid dienone is 2. The first-order valence-corrected chi connectivity index (χ1v) is 15.6. The Bertz CT molecular complexity index is 1610. The quantitative estimate of drug-likeness (QED) is 0.0794. The van der Waals surface area contributed by atoms with Gasteiger partial charge in [0, 0.05) is 44.2 Å². The zero-order valence-electron chi connectivity index (χ0n) is 27.5. The third kappa shape index (κ3) is 9.26. The van der Waals surface area contributed by atoms with Crippen LogP contribution in [0.1, 0.15) is 95.4 Å². The van der Waals surface area contributed by atoms with E-state index in [4.69, 9.17) is 0 Å². The molecule has 0 saturated heterocycles. The molecule has 0 saturated carbocycles. The van der Waals surface area contributed by atoms with Crippen LogP contribution >= 0.6 is 0 Å². The molecule has 45 heavy (non-hydrogen) atoms. The summed E-state index contributed by atoms with van der Waals surface area (Å²) in [4.78, 5) is 16.3. The van der Waals surface area contributed by atoms with E-state index in [1.54, 1.807) is 12.3 Å². The Morgan fingerprint density at radius 3 is 2.00 bits per heavy atom. The van der Waals surface area contributed by atoms with Crippen LogP contribution in [-0.4, -0.2) is 15.9 Å². The minimum atomic E-state index is -4.39. The number of rotatable bonds is 9. The molecule has 4 rings (SSSR count). The number of aliphatic hydroxyl groups excluding tert-OH is 1. The smallest absolute Gasteiger partial charge is 0.416 e. The molecule has 0 aliphatic carbocycles. The summed E-state index contributed by atoms with van der Waals surface area (Å²) in [6.07, 6.45) is 2.18. The van der Waals surface area contributed by atoms with Crippen molar-refractivity contribution in [3.63, 3.8) is 0 Å². The van der Waals surface area contributed by atoms with E-state index in [9.17, 15) is 23.1 Å². The van der Waals surface area contributed by atoms with Crippen molar-refractivity contribution in [1.29, 1.82) is 0 Å². The normalized spacial score (nSPS) is 12.1. The minimum absolute atomic E-state index is 0. The van der Waals surface area contributed by atoms with E-state index in [2.05, 4.69) is 11.1 Å². The van der Waals surface area contributed by atoms with E-state index in [1.165, 1.54) is 18.2 Å². The Morgan fingerprint density at radius 2 is 1.47 bits per heavy atom. The Hall–Kier alpha value is -3.02. The summed E-state index contributed by atoms with van der Waals surface area (Å²) in [5.74, 6) is 0.525. The van der Waals surface area contributed by atoms with Gasteiger partial charge in [-0.1, -0.05) is 67.5 Å². The number of benzene rings is 3. The fourth-order valence-corrected chi connectivity index (χ4v) is 5.79. The maximum atomic E-state index is 13.6. The van der Waals surface area contributed by atoms with Gasteiger partial charge in [0.15, 0.2) is 5.78 Å². The Labute approximate surface area is 279 Å². The molecule has 0 bridgehead atoms. The fraction of sp³-hybridized carbons (Fsp3) is 0.421. The van der Waals surface area contributed by atoms with Gasteiger partial charge in [0.1, 0.15) is 0 Å². The van der Waals surface area contributed by atoms with Crippen LogP contribution in [0.25, 0.3) is 32.8 Å². The minimum Gasteiger partial charge on any atom is -0.512 e. The van der Waals surface area contributed by atoms with Crippen LogP contribution in [0.2, 0.25) is 0 Å². The number of ketones is 1. The van der Waals surface area contributed by atoms with E-state index < -0.39 is 11.7 Å². The first-order chi connectivity index (χ1) is 20.7. The third-order valence-corrected chi connectivity index (χ3v) is 8.34. The molecule has 7 heteroatoms. The molecule has 0 aliphatic rings. The van der Waals surface area contributed by atoms with Gasteiger partial charge in [-0.15, -0.1) is 34.9 Å². The van der Waals surface area contributed by atoms with Gasteiger partial charge >= 0.3 is 6.18 Å². The summed E-state index contributed by atoms with van der Waals surface area (Å²) < 4.78 is 40.7. The van der Waals surface area contributed by atoms with Crippen LogP contribution in [0, 0.1) is 31.7 Å². The van der Waals surface area contributed by atoms with Crippen LogP contribution in [0.4, 0.5) is 13.2 Å². The molecule has 245 valence electrons. The van der Waals surface area contributed by atoms with Crippen LogP contribution in [0.5, 0.6) is 0 Å². The zero-order valence-corrected chi connectivity index (χ0v) is 29.9. The fourth-order valence-electron chi connectivity index (χ4n) is 5.79. The van der Waals surface area contributed by atoms with Crippen molar-refractivity contribution in [2.45, 2.75) is 93.2 Å². The van der Waals surface area contributed by atoms with Crippen molar-refractivity contribution in [2.24, 2.45) is 11.8 Å². The van der Waals surface area contributed by atoms with E-state index in [1.807, 2.05) is 79.7 Å². The van der Waals surface area contributed by atoms with Crippen LogP contribution in [0.3, 0.4) is 0 Å². The molecule has 1 N–H and O–H groups in total. The number of aromatic nitrogens is 1. The zero-order chi connectivity index (χ0) is 32.8.